The molecule has 0 aliphatic heterocycles. The number of aliphatic carboxylic acids is 1. The maximum Gasteiger partial charge on any atom is 0.306 e. The molecule has 3 nitrogen and oxygen atoms in total. The summed E-state index contributed by atoms with van der Waals surface area (Å²) in [7, 11) is 0. The molecule has 0 bridgehead atoms. The predicted molar refractivity (Wildman–Crippen MR) is 46.8 cm³/mol. The van der Waals surface area contributed by atoms with Crippen molar-refractivity contribution in [2.24, 2.45) is 17.6 Å². The molecule has 1 aliphatic rings. The van der Waals surface area contributed by atoms with Crippen LogP contribution in [0.3, 0.4) is 0 Å². The number of carboxylic acids is 1. The molecule has 70 valence electrons. The van der Waals surface area contributed by atoms with E-state index in [4.69, 9.17) is 10.8 Å². The lowest BCUT2D eigenvalue weighted by molar-refractivity contribution is -0.142. The van der Waals surface area contributed by atoms with Gasteiger partial charge in [-0.2, -0.15) is 0 Å². The fourth-order valence-electron chi connectivity index (χ4n) is 1.44. The van der Waals surface area contributed by atoms with Gasteiger partial charge in [0, 0.05) is 0 Å². The first kappa shape index (κ1) is 9.52. The van der Waals surface area contributed by atoms with Crippen LogP contribution in [0.4, 0.5) is 0 Å². The van der Waals surface area contributed by atoms with E-state index in [1.54, 1.807) is 0 Å². The van der Waals surface area contributed by atoms with Gasteiger partial charge >= 0.3 is 5.97 Å². The highest BCUT2D eigenvalue weighted by atomic mass is 16.4. The minimum atomic E-state index is -0.680. The molecule has 0 amide bonds. The molecule has 3 heteroatoms. The topological polar surface area (TPSA) is 63.3 Å². The zero-order valence-corrected chi connectivity index (χ0v) is 7.33. The van der Waals surface area contributed by atoms with E-state index in [0.29, 0.717) is 13.0 Å². The summed E-state index contributed by atoms with van der Waals surface area (Å²) in [5.41, 5.74) is 5.33. The van der Waals surface area contributed by atoms with Crippen molar-refractivity contribution in [2.75, 3.05) is 6.54 Å². The van der Waals surface area contributed by atoms with Crippen molar-refractivity contribution in [1.82, 2.24) is 0 Å². The van der Waals surface area contributed by atoms with Crippen LogP contribution < -0.4 is 5.73 Å². The number of hydrogen-bond acceptors (Lipinski definition) is 2. The van der Waals surface area contributed by atoms with Crippen molar-refractivity contribution in [2.45, 2.75) is 32.1 Å². The van der Waals surface area contributed by atoms with Crippen LogP contribution in [0.25, 0.3) is 0 Å². The first-order valence-corrected chi connectivity index (χ1v) is 4.67. The van der Waals surface area contributed by atoms with Crippen molar-refractivity contribution in [3.8, 4) is 0 Å². The van der Waals surface area contributed by atoms with Gasteiger partial charge < -0.3 is 10.8 Å². The lowest BCUT2D eigenvalue weighted by Crippen LogP contribution is -2.18. The lowest BCUT2D eigenvalue weighted by atomic mass is 9.98. The average molecular weight is 171 g/mol. The Morgan fingerprint density at radius 3 is 2.58 bits per heavy atom. The lowest BCUT2D eigenvalue weighted by Gasteiger charge is -2.09. The normalized spacial score (nSPS) is 19.1. The number of carboxylic acid groups (broad SMARTS) is 1. The second-order valence-electron chi connectivity index (χ2n) is 3.63. The molecule has 0 aromatic heterocycles. The Kier molecular flexibility index (Phi) is 3.53. The Labute approximate surface area is 72.9 Å². The van der Waals surface area contributed by atoms with Crippen LogP contribution in [0.1, 0.15) is 32.1 Å². The number of hydrogen-bond donors (Lipinski definition) is 2. The first-order chi connectivity index (χ1) is 5.74. The van der Waals surface area contributed by atoms with Gasteiger partial charge in [-0.3, -0.25) is 4.79 Å². The van der Waals surface area contributed by atoms with Crippen molar-refractivity contribution in [3.63, 3.8) is 0 Å². The van der Waals surface area contributed by atoms with E-state index < -0.39 is 5.97 Å². The Morgan fingerprint density at radius 2 is 2.17 bits per heavy atom. The summed E-state index contributed by atoms with van der Waals surface area (Å²) in [4.78, 5) is 10.7. The molecule has 0 saturated heterocycles. The standard InChI is InChI=1S/C9H17NO2/c10-6-5-8(9(11)12)4-3-7-1-2-7/h7-8H,1-6,10H2,(H,11,12). The molecular weight excluding hydrogens is 154 g/mol. The van der Waals surface area contributed by atoms with Gasteiger partial charge in [-0.05, 0) is 31.7 Å². The molecule has 0 radical (unpaired) electrons. The van der Waals surface area contributed by atoms with Crippen LogP contribution in [-0.4, -0.2) is 17.6 Å². The van der Waals surface area contributed by atoms with E-state index in [1.165, 1.54) is 12.8 Å². The van der Waals surface area contributed by atoms with E-state index in [1.807, 2.05) is 0 Å². The molecule has 0 heterocycles. The van der Waals surface area contributed by atoms with Crippen LogP contribution >= 0.6 is 0 Å². The summed E-state index contributed by atoms with van der Waals surface area (Å²) in [6, 6.07) is 0. The number of nitrogens with two attached hydrogens (primary N) is 1. The molecule has 12 heavy (non-hydrogen) atoms. The van der Waals surface area contributed by atoms with E-state index in [2.05, 4.69) is 0 Å². The zero-order valence-electron chi connectivity index (χ0n) is 7.33. The van der Waals surface area contributed by atoms with Crippen LogP contribution in [0, 0.1) is 11.8 Å². The van der Waals surface area contributed by atoms with Gasteiger partial charge in [-0.15, -0.1) is 0 Å². The highest BCUT2D eigenvalue weighted by molar-refractivity contribution is 5.69. The van der Waals surface area contributed by atoms with Crippen LogP contribution in [0.2, 0.25) is 0 Å². The number of carbonyl (C=O) groups is 1. The third-order valence-electron chi connectivity index (χ3n) is 2.48. The first-order valence-electron chi connectivity index (χ1n) is 4.67. The highest BCUT2D eigenvalue weighted by Crippen LogP contribution is 2.35. The van der Waals surface area contributed by atoms with Gasteiger partial charge in [0.1, 0.15) is 0 Å². The molecule has 0 aromatic carbocycles. The Bertz CT molecular complexity index is 155. The van der Waals surface area contributed by atoms with Crippen molar-refractivity contribution in [1.29, 1.82) is 0 Å². The summed E-state index contributed by atoms with van der Waals surface area (Å²) < 4.78 is 0. The summed E-state index contributed by atoms with van der Waals surface area (Å²) in [5.74, 6) is -0.0543. The third-order valence-corrected chi connectivity index (χ3v) is 2.48. The summed E-state index contributed by atoms with van der Waals surface area (Å²) in [6.07, 6.45) is 5.13. The van der Waals surface area contributed by atoms with E-state index in [9.17, 15) is 4.79 Å². The van der Waals surface area contributed by atoms with Crippen LogP contribution in [0.15, 0.2) is 0 Å². The Hall–Kier alpha value is -0.570. The Morgan fingerprint density at radius 1 is 1.50 bits per heavy atom. The monoisotopic (exact) mass is 171 g/mol. The summed E-state index contributed by atoms with van der Waals surface area (Å²) >= 11 is 0. The van der Waals surface area contributed by atoms with E-state index in [-0.39, 0.29) is 5.92 Å². The third kappa shape index (κ3) is 3.22. The minimum Gasteiger partial charge on any atom is -0.481 e. The molecule has 1 unspecified atom stereocenters. The van der Waals surface area contributed by atoms with Crippen molar-refractivity contribution in [3.05, 3.63) is 0 Å². The molecule has 1 atom stereocenters. The maximum atomic E-state index is 10.7. The molecule has 0 aromatic rings. The molecule has 0 spiro atoms. The van der Waals surface area contributed by atoms with Gasteiger partial charge in [-0.25, -0.2) is 0 Å². The van der Waals surface area contributed by atoms with Gasteiger partial charge in [0.25, 0.3) is 0 Å². The van der Waals surface area contributed by atoms with Crippen LogP contribution in [0.5, 0.6) is 0 Å². The molecule has 1 saturated carbocycles. The molecule has 3 N–H and O–H groups in total. The average Bonchev–Trinajstić information content (AvgIpc) is 2.80. The van der Waals surface area contributed by atoms with E-state index in [0.717, 1.165) is 18.8 Å². The largest absolute Gasteiger partial charge is 0.481 e. The quantitative estimate of drug-likeness (QED) is 0.631. The maximum absolute atomic E-state index is 10.7. The minimum absolute atomic E-state index is 0.199. The highest BCUT2D eigenvalue weighted by Gasteiger charge is 2.24. The molecule has 1 rings (SSSR count). The SMILES string of the molecule is NCCC(CCC1CC1)C(=O)O. The Balaban J connectivity index is 2.16. The summed E-state index contributed by atoms with van der Waals surface area (Å²) in [5, 5.41) is 8.78. The van der Waals surface area contributed by atoms with Gasteiger partial charge in [0.15, 0.2) is 0 Å². The fraction of sp³-hybridized carbons (Fsp3) is 0.889. The smallest absolute Gasteiger partial charge is 0.306 e. The molecular formula is C9H17NO2. The summed E-state index contributed by atoms with van der Waals surface area (Å²) in [6.45, 7) is 0.488. The van der Waals surface area contributed by atoms with Crippen molar-refractivity contribution < 1.29 is 9.90 Å². The molecule has 1 fully saturated rings. The van der Waals surface area contributed by atoms with Gasteiger partial charge in [0.05, 0.1) is 5.92 Å². The second-order valence-corrected chi connectivity index (χ2v) is 3.63. The molecule has 1 aliphatic carbocycles. The zero-order chi connectivity index (χ0) is 8.97. The van der Waals surface area contributed by atoms with Gasteiger partial charge in [-0.1, -0.05) is 12.8 Å². The predicted octanol–water partition coefficient (Wildman–Crippen LogP) is 1.23. The van der Waals surface area contributed by atoms with E-state index >= 15 is 0 Å². The van der Waals surface area contributed by atoms with Crippen molar-refractivity contribution >= 4 is 5.97 Å². The fourth-order valence-corrected chi connectivity index (χ4v) is 1.44. The van der Waals surface area contributed by atoms with Crippen LogP contribution in [-0.2, 0) is 4.79 Å². The van der Waals surface area contributed by atoms with Gasteiger partial charge in [0.2, 0.25) is 0 Å². The second kappa shape index (κ2) is 4.45. The number of rotatable bonds is 6.